The summed E-state index contributed by atoms with van der Waals surface area (Å²) in [6.45, 7) is 2.58. The molecule has 3 rings (SSSR count). The maximum atomic E-state index is 12.8. The van der Waals surface area contributed by atoms with Crippen LogP contribution in [0.1, 0.15) is 35.1 Å². The zero-order valence-electron chi connectivity index (χ0n) is 15.8. The Balaban J connectivity index is 1.75. The van der Waals surface area contributed by atoms with Gasteiger partial charge in [-0.25, -0.2) is 4.98 Å². The third-order valence-corrected chi connectivity index (χ3v) is 4.15. The Morgan fingerprint density at radius 3 is 2.89 bits per heavy atom. The van der Waals surface area contributed by atoms with Crippen LogP contribution in [0.2, 0.25) is 0 Å². The highest BCUT2D eigenvalue weighted by Gasteiger charge is 2.15. The van der Waals surface area contributed by atoms with Crippen LogP contribution in [0.25, 0.3) is 11.4 Å². The molecule has 7 heteroatoms. The van der Waals surface area contributed by atoms with Crippen LogP contribution in [-0.2, 0) is 13.0 Å². The lowest BCUT2D eigenvalue weighted by atomic mass is 10.1. The highest BCUT2D eigenvalue weighted by Crippen LogP contribution is 2.19. The van der Waals surface area contributed by atoms with Gasteiger partial charge in [0.2, 0.25) is 5.88 Å². The summed E-state index contributed by atoms with van der Waals surface area (Å²) in [4.78, 5) is 23.1. The molecule has 0 fully saturated rings. The molecule has 1 amide bonds. The van der Waals surface area contributed by atoms with Crippen molar-refractivity contribution < 1.29 is 9.53 Å². The van der Waals surface area contributed by atoms with E-state index in [2.05, 4.69) is 27.1 Å². The maximum Gasteiger partial charge on any atom is 0.253 e. The molecule has 2 heterocycles. The number of carbonyl (C=O) groups is 1. The number of hydrogen-bond donors (Lipinski definition) is 1. The number of aromatic amines is 1. The summed E-state index contributed by atoms with van der Waals surface area (Å²) in [5.41, 5.74) is 3.28. The van der Waals surface area contributed by atoms with Gasteiger partial charge in [-0.3, -0.25) is 9.89 Å². The first-order valence-electron chi connectivity index (χ1n) is 8.86. The number of benzene rings is 1. The molecule has 0 aliphatic rings. The van der Waals surface area contributed by atoms with Crippen molar-refractivity contribution in [1.82, 2.24) is 25.1 Å². The average Bonchev–Trinajstić information content (AvgIpc) is 3.14. The number of hydrogen-bond acceptors (Lipinski definition) is 5. The molecule has 3 aromatic rings. The Labute approximate surface area is 158 Å². The highest BCUT2D eigenvalue weighted by molar-refractivity contribution is 5.95. The van der Waals surface area contributed by atoms with Gasteiger partial charge in [0, 0.05) is 30.4 Å². The highest BCUT2D eigenvalue weighted by atomic mass is 16.5. The average molecular weight is 365 g/mol. The van der Waals surface area contributed by atoms with E-state index in [1.807, 2.05) is 18.2 Å². The molecule has 27 heavy (non-hydrogen) atoms. The number of ether oxygens (including phenoxy) is 1. The lowest BCUT2D eigenvalue weighted by Crippen LogP contribution is -2.26. The first kappa shape index (κ1) is 18.6. The van der Waals surface area contributed by atoms with E-state index < -0.39 is 0 Å². The lowest BCUT2D eigenvalue weighted by Gasteiger charge is -2.16. The first-order valence-corrected chi connectivity index (χ1v) is 8.86. The molecule has 0 aliphatic carbocycles. The van der Waals surface area contributed by atoms with Gasteiger partial charge in [0.05, 0.1) is 25.0 Å². The number of aromatic nitrogens is 4. The van der Waals surface area contributed by atoms with Crippen molar-refractivity contribution >= 4 is 5.91 Å². The van der Waals surface area contributed by atoms with Crippen LogP contribution >= 0.6 is 0 Å². The van der Waals surface area contributed by atoms with Gasteiger partial charge in [0.25, 0.3) is 5.91 Å². The Morgan fingerprint density at radius 2 is 2.11 bits per heavy atom. The first-order chi connectivity index (χ1) is 13.1. The van der Waals surface area contributed by atoms with Crippen molar-refractivity contribution in [2.24, 2.45) is 0 Å². The van der Waals surface area contributed by atoms with E-state index in [0.29, 0.717) is 23.8 Å². The van der Waals surface area contributed by atoms with Crippen LogP contribution < -0.4 is 4.74 Å². The zero-order valence-corrected chi connectivity index (χ0v) is 15.8. The molecule has 0 atom stereocenters. The van der Waals surface area contributed by atoms with E-state index in [4.69, 9.17) is 4.74 Å². The lowest BCUT2D eigenvalue weighted by molar-refractivity contribution is 0.0783. The standard InChI is InChI=1S/C20H23N5O2/c1-4-6-16-12-17(24-23-16)13-25(2)20(26)15-8-5-7-14(11-15)19-21-10-9-18(22-19)27-3/h5,7-12H,4,6,13H2,1-3H3,(H,23,24). The molecular formula is C20H23N5O2. The van der Waals surface area contributed by atoms with Gasteiger partial charge < -0.3 is 9.64 Å². The second kappa shape index (κ2) is 8.44. The van der Waals surface area contributed by atoms with Crippen molar-refractivity contribution in [2.75, 3.05) is 14.2 Å². The minimum absolute atomic E-state index is 0.0774. The fraction of sp³-hybridized carbons (Fsp3) is 0.300. The van der Waals surface area contributed by atoms with Crippen LogP contribution in [0.5, 0.6) is 5.88 Å². The second-order valence-electron chi connectivity index (χ2n) is 6.30. The number of aryl methyl sites for hydroxylation is 1. The van der Waals surface area contributed by atoms with Crippen molar-refractivity contribution in [1.29, 1.82) is 0 Å². The van der Waals surface area contributed by atoms with E-state index in [1.165, 1.54) is 0 Å². The summed E-state index contributed by atoms with van der Waals surface area (Å²) in [5, 5.41) is 7.27. The van der Waals surface area contributed by atoms with E-state index in [1.54, 1.807) is 43.5 Å². The van der Waals surface area contributed by atoms with Crippen LogP contribution in [0.3, 0.4) is 0 Å². The molecule has 0 unspecified atom stereocenters. The third-order valence-electron chi connectivity index (χ3n) is 4.15. The van der Waals surface area contributed by atoms with Gasteiger partial charge >= 0.3 is 0 Å². The monoisotopic (exact) mass is 365 g/mol. The number of nitrogens with zero attached hydrogens (tertiary/aromatic N) is 4. The molecular weight excluding hydrogens is 342 g/mol. The predicted molar refractivity (Wildman–Crippen MR) is 102 cm³/mol. The van der Waals surface area contributed by atoms with Gasteiger partial charge in [0.1, 0.15) is 0 Å². The van der Waals surface area contributed by atoms with Crippen LogP contribution in [0.15, 0.2) is 42.6 Å². The summed E-state index contributed by atoms with van der Waals surface area (Å²) < 4.78 is 5.14. The van der Waals surface area contributed by atoms with Gasteiger partial charge in [-0.05, 0) is 24.6 Å². The summed E-state index contributed by atoms with van der Waals surface area (Å²) in [5.74, 6) is 0.923. The van der Waals surface area contributed by atoms with Crippen molar-refractivity contribution in [3.05, 3.63) is 59.5 Å². The molecule has 7 nitrogen and oxygen atoms in total. The third kappa shape index (κ3) is 4.49. The molecule has 0 saturated carbocycles. The van der Waals surface area contributed by atoms with Gasteiger partial charge in [-0.15, -0.1) is 0 Å². The quantitative estimate of drug-likeness (QED) is 0.695. The minimum atomic E-state index is -0.0774. The number of rotatable bonds is 7. The SMILES string of the molecule is CCCc1cc(CN(C)C(=O)c2cccc(-c3nccc(OC)n3)c2)[nH]n1. The number of carbonyl (C=O) groups excluding carboxylic acids is 1. The Hall–Kier alpha value is -3.22. The molecule has 0 radical (unpaired) electrons. The van der Waals surface area contributed by atoms with E-state index in [-0.39, 0.29) is 5.91 Å². The van der Waals surface area contributed by atoms with E-state index in [9.17, 15) is 4.79 Å². The molecule has 0 aliphatic heterocycles. The molecule has 1 N–H and O–H groups in total. The number of methoxy groups -OCH3 is 1. The molecule has 0 saturated heterocycles. The number of amides is 1. The minimum Gasteiger partial charge on any atom is -0.481 e. The number of H-pyrrole nitrogens is 1. The van der Waals surface area contributed by atoms with E-state index >= 15 is 0 Å². The smallest absolute Gasteiger partial charge is 0.253 e. The van der Waals surface area contributed by atoms with Crippen LogP contribution in [0, 0.1) is 0 Å². The molecule has 140 valence electrons. The predicted octanol–water partition coefficient (Wildman–Crippen LogP) is 3.10. The molecule has 2 aromatic heterocycles. The van der Waals surface area contributed by atoms with Gasteiger partial charge in [-0.2, -0.15) is 10.1 Å². The van der Waals surface area contributed by atoms with Crippen molar-refractivity contribution in [3.63, 3.8) is 0 Å². The Kier molecular flexibility index (Phi) is 5.80. The number of nitrogens with one attached hydrogen (secondary N) is 1. The molecule has 0 spiro atoms. The second-order valence-corrected chi connectivity index (χ2v) is 6.30. The van der Waals surface area contributed by atoms with E-state index in [0.717, 1.165) is 29.8 Å². The van der Waals surface area contributed by atoms with Gasteiger partial charge in [0.15, 0.2) is 5.82 Å². The largest absolute Gasteiger partial charge is 0.481 e. The van der Waals surface area contributed by atoms with Crippen LogP contribution in [0.4, 0.5) is 0 Å². The summed E-state index contributed by atoms with van der Waals surface area (Å²) in [7, 11) is 3.33. The van der Waals surface area contributed by atoms with Crippen molar-refractivity contribution in [3.8, 4) is 17.3 Å². The zero-order chi connectivity index (χ0) is 19.2. The Morgan fingerprint density at radius 1 is 1.26 bits per heavy atom. The fourth-order valence-corrected chi connectivity index (χ4v) is 2.81. The van der Waals surface area contributed by atoms with Crippen molar-refractivity contribution in [2.45, 2.75) is 26.3 Å². The normalized spacial score (nSPS) is 10.6. The topological polar surface area (TPSA) is 84.0 Å². The summed E-state index contributed by atoms with van der Waals surface area (Å²) >= 11 is 0. The van der Waals surface area contributed by atoms with Gasteiger partial charge in [-0.1, -0.05) is 25.5 Å². The maximum absolute atomic E-state index is 12.8. The molecule has 1 aromatic carbocycles. The molecule has 0 bridgehead atoms. The fourth-order valence-electron chi connectivity index (χ4n) is 2.81. The summed E-state index contributed by atoms with van der Waals surface area (Å²) in [6.07, 6.45) is 3.60. The summed E-state index contributed by atoms with van der Waals surface area (Å²) in [6, 6.07) is 11.0. The Bertz CT molecular complexity index is 922. The van der Waals surface area contributed by atoms with Crippen LogP contribution in [-0.4, -0.2) is 45.1 Å².